The van der Waals surface area contributed by atoms with Gasteiger partial charge in [0, 0.05) is 12.8 Å². The van der Waals surface area contributed by atoms with Crippen LogP contribution in [0.2, 0.25) is 0 Å². The molecule has 15 heteroatoms. The van der Waals surface area contributed by atoms with E-state index >= 15 is 0 Å². The van der Waals surface area contributed by atoms with Gasteiger partial charge in [-0.05, 0) is 0 Å². The molecule has 0 aromatic carbocycles. The number of rotatable bonds is 38. The third-order valence-corrected chi connectivity index (χ3v) is 6.35. The minimum Gasteiger partial charge on any atom is -0.394 e. The average molecular weight is 659 g/mol. The molecule has 2 heterocycles. The van der Waals surface area contributed by atoms with Gasteiger partial charge in [-0.1, -0.05) is 0 Å². The minimum absolute atomic E-state index is 0.0230. The molecule has 268 valence electrons. The lowest BCUT2D eigenvalue weighted by molar-refractivity contribution is -0.0758. The van der Waals surface area contributed by atoms with E-state index in [2.05, 4.69) is 0 Å². The van der Waals surface area contributed by atoms with Crippen LogP contribution in [0.1, 0.15) is 12.8 Å². The largest absolute Gasteiger partial charge is 0.394 e. The monoisotopic (exact) mass is 658 g/mol. The summed E-state index contributed by atoms with van der Waals surface area (Å²) in [4.78, 5) is 0. The van der Waals surface area contributed by atoms with Crippen molar-refractivity contribution >= 4 is 0 Å². The minimum atomic E-state index is -0.898. The van der Waals surface area contributed by atoms with Gasteiger partial charge < -0.3 is 71.8 Å². The first kappa shape index (κ1) is 40.6. The molecule has 2 fully saturated rings. The Balaban J connectivity index is 1.16. The highest BCUT2D eigenvalue weighted by atomic mass is 16.6. The molecule has 2 aliphatic rings. The zero-order chi connectivity index (χ0) is 31.9. The van der Waals surface area contributed by atoms with Crippen LogP contribution in [0.25, 0.3) is 0 Å². The first-order valence-electron chi connectivity index (χ1n) is 16.1. The first-order valence-corrected chi connectivity index (χ1v) is 16.1. The van der Waals surface area contributed by atoms with Gasteiger partial charge in [-0.2, -0.15) is 0 Å². The molecule has 0 spiro atoms. The maximum absolute atomic E-state index is 10.8. The predicted molar refractivity (Wildman–Crippen MR) is 160 cm³/mol. The topological polar surface area (TPSA) is 167 Å². The predicted octanol–water partition coefficient (Wildman–Crippen LogP) is -0.530. The first-order chi connectivity index (χ1) is 22.2. The quantitative estimate of drug-likeness (QED) is 0.0642. The summed E-state index contributed by atoms with van der Waals surface area (Å²) in [5.74, 6) is 0. The summed E-state index contributed by atoms with van der Waals surface area (Å²) >= 11 is 0. The van der Waals surface area contributed by atoms with Crippen LogP contribution in [-0.4, -0.2) is 193 Å². The van der Waals surface area contributed by atoms with Crippen LogP contribution < -0.4 is 0 Å². The smallest absolute Gasteiger partial charge is 0.0931 e. The van der Waals surface area contributed by atoms with Crippen LogP contribution >= 0.6 is 0 Å². The Morgan fingerprint density at radius 1 is 0.400 bits per heavy atom. The SMILES string of the molecule is OCCOCCOCCOCCOCCOCCOCCOCCOCCOCCOCCOCC(O)(CC1CO1)CC1CO1. The van der Waals surface area contributed by atoms with Crippen molar-refractivity contribution in [1.82, 2.24) is 0 Å². The molecule has 2 aliphatic heterocycles. The zero-order valence-corrected chi connectivity index (χ0v) is 26.9. The van der Waals surface area contributed by atoms with Crippen molar-refractivity contribution in [3.8, 4) is 0 Å². The Labute approximate surface area is 267 Å². The fourth-order valence-electron chi connectivity index (χ4n) is 3.95. The van der Waals surface area contributed by atoms with E-state index in [0.717, 1.165) is 0 Å². The normalized spacial score (nSPS) is 18.8. The maximum atomic E-state index is 10.8. The van der Waals surface area contributed by atoms with E-state index in [0.29, 0.717) is 165 Å². The Morgan fingerprint density at radius 2 is 0.622 bits per heavy atom. The van der Waals surface area contributed by atoms with Gasteiger partial charge in [-0.3, -0.25) is 0 Å². The van der Waals surface area contributed by atoms with E-state index in [1.54, 1.807) is 0 Å². The molecule has 0 aromatic rings. The highest BCUT2D eigenvalue weighted by molar-refractivity contribution is 4.91. The molecule has 2 N–H and O–H groups in total. The van der Waals surface area contributed by atoms with Crippen molar-refractivity contribution in [1.29, 1.82) is 0 Å². The lowest BCUT2D eigenvalue weighted by Gasteiger charge is -2.26. The van der Waals surface area contributed by atoms with Crippen LogP contribution in [0.15, 0.2) is 0 Å². The lowest BCUT2D eigenvalue weighted by Crippen LogP contribution is -2.38. The summed E-state index contributed by atoms with van der Waals surface area (Å²) in [6, 6.07) is 0. The van der Waals surface area contributed by atoms with E-state index in [9.17, 15) is 5.11 Å². The molecular formula is C30H58O15. The van der Waals surface area contributed by atoms with Gasteiger partial charge in [-0.25, -0.2) is 0 Å². The number of hydrogen-bond donors (Lipinski definition) is 2. The molecule has 45 heavy (non-hydrogen) atoms. The molecular weight excluding hydrogens is 600 g/mol. The van der Waals surface area contributed by atoms with Gasteiger partial charge in [-0.15, -0.1) is 0 Å². The summed E-state index contributed by atoms with van der Waals surface area (Å²) < 4.78 is 70.3. The molecule has 2 saturated heterocycles. The highest BCUT2D eigenvalue weighted by Crippen LogP contribution is 2.31. The Morgan fingerprint density at radius 3 is 0.844 bits per heavy atom. The van der Waals surface area contributed by atoms with Gasteiger partial charge in [0.25, 0.3) is 0 Å². The summed E-state index contributed by atoms with van der Waals surface area (Å²) in [5.41, 5.74) is -0.898. The molecule has 2 rings (SSSR count). The average Bonchev–Trinajstić information content (AvgIpc) is 3.98. The standard InChI is InChI=1S/C30H58O15/c31-1-2-33-3-4-34-5-6-35-7-8-36-9-10-37-11-12-38-13-14-39-15-16-40-17-18-41-19-20-42-21-22-43-27-30(32,23-28-25-44-28)24-29-26-45-29/h28-29,31-32H,1-27H2. The van der Waals surface area contributed by atoms with Gasteiger partial charge in [0.05, 0.1) is 183 Å². The van der Waals surface area contributed by atoms with Crippen molar-refractivity contribution in [3.05, 3.63) is 0 Å². The van der Waals surface area contributed by atoms with E-state index < -0.39 is 5.60 Å². The molecule has 2 unspecified atom stereocenters. The van der Waals surface area contributed by atoms with Crippen LogP contribution in [0.5, 0.6) is 0 Å². The molecule has 15 nitrogen and oxygen atoms in total. The third-order valence-electron chi connectivity index (χ3n) is 6.35. The number of ether oxygens (including phenoxy) is 13. The fraction of sp³-hybridized carbons (Fsp3) is 1.00. The van der Waals surface area contributed by atoms with Crippen LogP contribution in [0, 0.1) is 0 Å². The molecule has 0 radical (unpaired) electrons. The van der Waals surface area contributed by atoms with E-state index in [-0.39, 0.29) is 25.4 Å². The van der Waals surface area contributed by atoms with Gasteiger partial charge in [0.15, 0.2) is 0 Å². The Bertz CT molecular complexity index is 610. The van der Waals surface area contributed by atoms with E-state index in [4.69, 9.17) is 66.7 Å². The molecule has 0 saturated carbocycles. The Kier molecular flexibility index (Phi) is 26.6. The van der Waals surface area contributed by atoms with Gasteiger partial charge >= 0.3 is 0 Å². The molecule has 0 aromatic heterocycles. The highest BCUT2D eigenvalue weighted by Gasteiger charge is 2.41. The zero-order valence-electron chi connectivity index (χ0n) is 26.9. The molecule has 2 atom stereocenters. The van der Waals surface area contributed by atoms with Crippen molar-refractivity contribution in [3.63, 3.8) is 0 Å². The Hall–Kier alpha value is -0.600. The lowest BCUT2D eigenvalue weighted by atomic mass is 9.93. The van der Waals surface area contributed by atoms with E-state index in [1.807, 2.05) is 0 Å². The van der Waals surface area contributed by atoms with Gasteiger partial charge in [0.2, 0.25) is 0 Å². The second-order valence-corrected chi connectivity index (χ2v) is 10.4. The summed E-state index contributed by atoms with van der Waals surface area (Å²) in [7, 11) is 0. The molecule has 0 bridgehead atoms. The number of epoxide rings is 2. The van der Waals surface area contributed by atoms with Crippen molar-refractivity contribution in [2.45, 2.75) is 30.7 Å². The number of aliphatic hydroxyl groups excluding tert-OH is 1. The molecule has 0 amide bonds. The summed E-state index contributed by atoms with van der Waals surface area (Å²) in [6.45, 7) is 11.8. The van der Waals surface area contributed by atoms with Crippen LogP contribution in [-0.2, 0) is 61.6 Å². The maximum Gasteiger partial charge on any atom is 0.0931 e. The van der Waals surface area contributed by atoms with Crippen LogP contribution in [0.3, 0.4) is 0 Å². The second-order valence-electron chi connectivity index (χ2n) is 10.4. The fourth-order valence-corrected chi connectivity index (χ4v) is 3.95. The summed E-state index contributed by atoms with van der Waals surface area (Å²) in [6.07, 6.45) is 1.45. The second kappa shape index (κ2) is 29.5. The number of hydrogen-bond acceptors (Lipinski definition) is 15. The third kappa shape index (κ3) is 28.2. The van der Waals surface area contributed by atoms with E-state index in [1.165, 1.54) is 0 Å². The van der Waals surface area contributed by atoms with Crippen molar-refractivity contribution in [2.24, 2.45) is 0 Å². The van der Waals surface area contributed by atoms with Gasteiger partial charge in [0.1, 0.15) is 0 Å². The summed E-state index contributed by atoms with van der Waals surface area (Å²) in [5, 5.41) is 19.3. The van der Waals surface area contributed by atoms with Crippen LogP contribution in [0.4, 0.5) is 0 Å². The van der Waals surface area contributed by atoms with Crippen molar-refractivity contribution in [2.75, 3.05) is 165 Å². The number of aliphatic hydroxyl groups is 2. The van der Waals surface area contributed by atoms with Crippen molar-refractivity contribution < 1.29 is 71.8 Å². The molecule has 0 aliphatic carbocycles.